The van der Waals surface area contributed by atoms with E-state index in [0.717, 1.165) is 16.8 Å². The summed E-state index contributed by atoms with van der Waals surface area (Å²) in [5.41, 5.74) is 7.58. The third kappa shape index (κ3) is 4.61. The Bertz CT molecular complexity index is 488. The predicted molar refractivity (Wildman–Crippen MR) is 84.3 cm³/mol. The van der Waals surface area contributed by atoms with E-state index < -0.39 is 0 Å². The number of benzene rings is 2. The Morgan fingerprint density at radius 2 is 1.50 bits per heavy atom. The van der Waals surface area contributed by atoms with E-state index in [1.807, 2.05) is 66.7 Å². The smallest absolute Gasteiger partial charge is 0.138 e. The maximum Gasteiger partial charge on any atom is 0.138 e. The summed E-state index contributed by atoms with van der Waals surface area (Å²) in [4.78, 5) is 0. The standard InChI is InChI=1S/C14H14NOP.BrH/c15-17-14(11-12-7-3-1-4-8-12)16-13-9-5-2-6-10-13;/h1-11,17H,15H2;1H. The highest BCUT2D eigenvalue weighted by Crippen LogP contribution is 2.23. The van der Waals surface area contributed by atoms with E-state index in [4.69, 9.17) is 10.2 Å². The van der Waals surface area contributed by atoms with Crippen LogP contribution in [0.1, 0.15) is 5.56 Å². The predicted octanol–water partition coefficient (Wildman–Crippen LogP) is 4.19. The minimum atomic E-state index is 0. The van der Waals surface area contributed by atoms with Gasteiger partial charge < -0.3 is 10.2 Å². The molecule has 0 spiro atoms. The third-order valence-electron chi connectivity index (χ3n) is 2.21. The average molecular weight is 324 g/mol. The van der Waals surface area contributed by atoms with Crippen molar-refractivity contribution in [3.63, 3.8) is 0 Å². The highest BCUT2D eigenvalue weighted by molar-refractivity contribution is 8.93. The van der Waals surface area contributed by atoms with E-state index >= 15 is 0 Å². The molecule has 2 nitrogen and oxygen atoms in total. The molecule has 4 heteroatoms. The SMILES string of the molecule is Br.NPC(=Cc1ccccc1)Oc1ccccc1. The lowest BCUT2D eigenvalue weighted by atomic mass is 10.2. The van der Waals surface area contributed by atoms with Gasteiger partial charge in [0, 0.05) is 8.73 Å². The summed E-state index contributed by atoms with van der Waals surface area (Å²) in [5.74, 6) is 0.813. The lowest BCUT2D eigenvalue weighted by molar-refractivity contribution is 0.468. The monoisotopic (exact) mass is 323 g/mol. The molecule has 2 aromatic carbocycles. The molecular weight excluding hydrogens is 309 g/mol. The lowest BCUT2D eigenvalue weighted by Gasteiger charge is -2.07. The van der Waals surface area contributed by atoms with Crippen LogP contribution in [0.3, 0.4) is 0 Å². The van der Waals surface area contributed by atoms with Gasteiger partial charge in [0.1, 0.15) is 11.2 Å². The molecule has 2 rings (SSSR count). The van der Waals surface area contributed by atoms with Crippen molar-refractivity contribution in [2.75, 3.05) is 0 Å². The van der Waals surface area contributed by atoms with Crippen LogP contribution >= 0.6 is 25.7 Å². The molecule has 0 aliphatic carbocycles. The summed E-state index contributed by atoms with van der Waals surface area (Å²) in [7, 11) is 0.139. The number of ether oxygens (including phenoxy) is 1. The molecule has 0 heterocycles. The van der Waals surface area contributed by atoms with Crippen molar-refractivity contribution in [2.24, 2.45) is 5.50 Å². The van der Waals surface area contributed by atoms with Crippen LogP contribution in [-0.2, 0) is 0 Å². The molecule has 0 saturated carbocycles. The van der Waals surface area contributed by atoms with E-state index in [9.17, 15) is 0 Å². The fourth-order valence-electron chi connectivity index (χ4n) is 1.42. The summed E-state index contributed by atoms with van der Waals surface area (Å²) in [6.45, 7) is 0. The number of para-hydroxylation sites is 1. The molecule has 2 N–H and O–H groups in total. The van der Waals surface area contributed by atoms with Gasteiger partial charge in [0.25, 0.3) is 0 Å². The van der Waals surface area contributed by atoms with Crippen LogP contribution in [-0.4, -0.2) is 0 Å². The first-order valence-corrected chi connectivity index (χ1v) is 6.42. The van der Waals surface area contributed by atoms with E-state index in [1.165, 1.54) is 0 Å². The second kappa shape index (κ2) is 8.04. The highest BCUT2D eigenvalue weighted by Gasteiger charge is 1.98. The zero-order valence-corrected chi connectivity index (χ0v) is 12.5. The molecule has 0 saturated heterocycles. The molecule has 0 aliphatic rings. The Kier molecular flexibility index (Phi) is 6.66. The first kappa shape index (κ1) is 14.9. The van der Waals surface area contributed by atoms with Crippen LogP contribution in [0, 0.1) is 0 Å². The molecule has 0 radical (unpaired) electrons. The van der Waals surface area contributed by atoms with Gasteiger partial charge in [-0.15, -0.1) is 17.0 Å². The minimum Gasteiger partial charge on any atom is -0.456 e. The molecule has 18 heavy (non-hydrogen) atoms. The van der Waals surface area contributed by atoms with Gasteiger partial charge in [-0.05, 0) is 23.8 Å². The highest BCUT2D eigenvalue weighted by atomic mass is 79.9. The quantitative estimate of drug-likeness (QED) is 0.676. The van der Waals surface area contributed by atoms with Crippen molar-refractivity contribution in [3.05, 3.63) is 71.7 Å². The van der Waals surface area contributed by atoms with E-state index in [2.05, 4.69) is 0 Å². The van der Waals surface area contributed by atoms with Crippen LogP contribution in [0.15, 0.2) is 66.2 Å². The molecule has 0 bridgehead atoms. The number of hydrogen-bond acceptors (Lipinski definition) is 2. The molecule has 2 aromatic rings. The van der Waals surface area contributed by atoms with Gasteiger partial charge in [-0.3, -0.25) is 0 Å². The maximum absolute atomic E-state index is 5.72. The van der Waals surface area contributed by atoms with Crippen molar-refractivity contribution in [2.45, 2.75) is 0 Å². The van der Waals surface area contributed by atoms with Gasteiger partial charge in [-0.25, -0.2) is 0 Å². The summed E-state index contributed by atoms with van der Waals surface area (Å²) in [6.07, 6.45) is 1.96. The summed E-state index contributed by atoms with van der Waals surface area (Å²) >= 11 is 0. The zero-order chi connectivity index (χ0) is 11.9. The molecule has 1 unspecified atom stereocenters. The number of hydrogen-bond donors (Lipinski definition) is 1. The first-order valence-electron chi connectivity index (χ1n) is 5.35. The Morgan fingerprint density at radius 3 is 2.06 bits per heavy atom. The molecule has 1 atom stereocenters. The summed E-state index contributed by atoms with van der Waals surface area (Å²) < 4.78 is 5.72. The van der Waals surface area contributed by atoms with Crippen LogP contribution in [0.5, 0.6) is 5.75 Å². The van der Waals surface area contributed by atoms with Gasteiger partial charge in [0.05, 0.1) is 0 Å². The van der Waals surface area contributed by atoms with Gasteiger partial charge in [-0.2, -0.15) is 0 Å². The molecule has 0 fully saturated rings. The largest absolute Gasteiger partial charge is 0.456 e. The van der Waals surface area contributed by atoms with Gasteiger partial charge >= 0.3 is 0 Å². The molecular formula is C14H15BrNOP. The Balaban J connectivity index is 0.00000162. The lowest BCUT2D eigenvalue weighted by Crippen LogP contribution is -1.92. The third-order valence-corrected chi connectivity index (χ3v) is 2.74. The van der Waals surface area contributed by atoms with Crippen molar-refractivity contribution < 1.29 is 4.74 Å². The van der Waals surface area contributed by atoms with Gasteiger partial charge in [0.2, 0.25) is 0 Å². The van der Waals surface area contributed by atoms with Crippen LogP contribution in [0.25, 0.3) is 6.08 Å². The van der Waals surface area contributed by atoms with Crippen molar-refractivity contribution in [1.82, 2.24) is 0 Å². The molecule has 94 valence electrons. The fraction of sp³-hybridized carbons (Fsp3) is 0. The van der Waals surface area contributed by atoms with Gasteiger partial charge in [0.15, 0.2) is 0 Å². The normalized spacial score (nSPS) is 11.3. The number of rotatable bonds is 4. The van der Waals surface area contributed by atoms with Crippen LogP contribution in [0.2, 0.25) is 0 Å². The Morgan fingerprint density at radius 1 is 0.944 bits per heavy atom. The minimum absolute atomic E-state index is 0. The van der Waals surface area contributed by atoms with Crippen molar-refractivity contribution in [1.29, 1.82) is 0 Å². The molecule has 0 aromatic heterocycles. The second-order valence-corrected chi connectivity index (χ2v) is 4.26. The van der Waals surface area contributed by atoms with Crippen LogP contribution in [0.4, 0.5) is 0 Å². The average Bonchev–Trinajstić information content (AvgIpc) is 2.40. The molecule has 0 amide bonds. The first-order chi connectivity index (χ1) is 8.38. The Hall–Kier alpha value is -1.15. The summed E-state index contributed by atoms with van der Waals surface area (Å²) in [5, 5.41) is 0. The maximum atomic E-state index is 5.72. The second-order valence-electron chi connectivity index (χ2n) is 3.48. The zero-order valence-electron chi connectivity index (χ0n) is 9.74. The van der Waals surface area contributed by atoms with Crippen LogP contribution < -0.4 is 10.2 Å². The van der Waals surface area contributed by atoms with Crippen molar-refractivity contribution in [3.8, 4) is 5.75 Å². The van der Waals surface area contributed by atoms with E-state index in [0.29, 0.717) is 0 Å². The van der Waals surface area contributed by atoms with Gasteiger partial charge in [-0.1, -0.05) is 48.5 Å². The topological polar surface area (TPSA) is 35.2 Å². The fourth-order valence-corrected chi connectivity index (χ4v) is 1.84. The number of nitrogens with two attached hydrogens (primary N) is 1. The summed E-state index contributed by atoms with van der Waals surface area (Å²) in [6, 6.07) is 19.7. The Labute approximate surface area is 119 Å². The van der Waals surface area contributed by atoms with Crippen molar-refractivity contribution >= 4 is 31.8 Å². The number of halogens is 1. The van der Waals surface area contributed by atoms with E-state index in [1.54, 1.807) is 0 Å². The van der Waals surface area contributed by atoms with E-state index in [-0.39, 0.29) is 25.7 Å². The molecule has 0 aliphatic heterocycles.